The lowest BCUT2D eigenvalue weighted by Crippen LogP contribution is -2.15. The number of hydrogen-bond donors (Lipinski definition) is 0. The van der Waals surface area contributed by atoms with Gasteiger partial charge in [0.15, 0.2) is 5.82 Å². The first-order valence-corrected chi connectivity index (χ1v) is 17.4. The summed E-state index contributed by atoms with van der Waals surface area (Å²) in [6.45, 7) is 6.23. The van der Waals surface area contributed by atoms with E-state index in [2.05, 4.69) is 164 Å². The maximum atomic E-state index is 5.12. The number of allylic oxidation sites excluding steroid dienone is 5. The second-order valence-corrected chi connectivity index (χ2v) is 12.8. The van der Waals surface area contributed by atoms with Gasteiger partial charge in [-0.1, -0.05) is 159 Å². The minimum Gasteiger partial charge on any atom is -0.266 e. The maximum absolute atomic E-state index is 5.12. The van der Waals surface area contributed by atoms with Crippen molar-refractivity contribution >= 4 is 17.5 Å². The van der Waals surface area contributed by atoms with Crippen molar-refractivity contribution < 1.29 is 0 Å². The summed E-state index contributed by atoms with van der Waals surface area (Å²) in [4.78, 5) is 19.7. The molecule has 0 fully saturated rings. The number of aromatic nitrogens is 2. The molecule has 1 aliphatic heterocycles. The highest BCUT2D eigenvalue weighted by Gasteiger charge is 2.15. The third kappa shape index (κ3) is 7.98. The number of nitrogens with zero attached hydrogens (tertiary/aromatic N) is 4. The van der Waals surface area contributed by atoms with Crippen LogP contribution in [0.5, 0.6) is 0 Å². The minimum absolute atomic E-state index is 0.0919. The van der Waals surface area contributed by atoms with Crippen LogP contribution >= 0.6 is 0 Å². The van der Waals surface area contributed by atoms with Crippen molar-refractivity contribution in [2.45, 2.75) is 26.9 Å². The molecule has 7 rings (SSSR count). The molecule has 6 aromatic rings. The van der Waals surface area contributed by atoms with Gasteiger partial charge >= 0.3 is 0 Å². The van der Waals surface area contributed by atoms with Crippen LogP contribution in [0.1, 0.15) is 26.3 Å². The van der Waals surface area contributed by atoms with E-state index in [9.17, 15) is 0 Å². The molecule has 0 saturated heterocycles. The third-order valence-corrected chi connectivity index (χ3v) is 9.03. The number of benzene rings is 5. The van der Waals surface area contributed by atoms with Crippen molar-refractivity contribution in [2.24, 2.45) is 15.9 Å². The highest BCUT2D eigenvalue weighted by atomic mass is 15.0. The maximum Gasteiger partial charge on any atom is 0.160 e. The van der Waals surface area contributed by atoms with Gasteiger partial charge in [-0.15, -0.1) is 0 Å². The highest BCUT2D eigenvalue weighted by Crippen LogP contribution is 2.31. The molecule has 0 spiro atoms. The van der Waals surface area contributed by atoms with Crippen molar-refractivity contribution in [3.8, 4) is 56.2 Å². The van der Waals surface area contributed by atoms with Gasteiger partial charge in [-0.2, -0.15) is 0 Å². The smallest absolute Gasteiger partial charge is 0.160 e. The minimum atomic E-state index is -0.0919. The topological polar surface area (TPSA) is 50.5 Å². The van der Waals surface area contributed by atoms with Gasteiger partial charge in [0.2, 0.25) is 0 Å². The lowest BCUT2D eigenvalue weighted by molar-refractivity contribution is 0.561. The monoisotopic (exact) mass is 660 g/mol. The summed E-state index contributed by atoms with van der Waals surface area (Å²) in [7, 11) is 0. The Hall–Kier alpha value is -6.26. The van der Waals surface area contributed by atoms with Gasteiger partial charge in [-0.05, 0) is 65.5 Å². The van der Waals surface area contributed by atoms with Crippen molar-refractivity contribution in [3.05, 3.63) is 175 Å². The van der Waals surface area contributed by atoms with Crippen molar-refractivity contribution in [1.82, 2.24) is 9.97 Å². The number of dihydropyridines is 1. The molecule has 2 atom stereocenters. The molecular weight excluding hydrogens is 621 g/mol. The third-order valence-electron chi connectivity index (χ3n) is 9.03. The van der Waals surface area contributed by atoms with Crippen LogP contribution in [0.3, 0.4) is 0 Å². The standard InChI is InChI=1S/C47H40N4/c1-4-12-43(31-34(3)49-46-33(2)13-11-30-48-46)39-20-26-41(27-21-39)45-32-44(40-24-18-37(19-25-40)35-14-7-5-8-15-35)50-47(51-45)42-28-22-38(23-29-42)36-16-9-6-10-17-36/h4-33,46H,1-3H3/b12-4-,43-31+,49-34+. The van der Waals surface area contributed by atoms with Crippen LogP contribution < -0.4 is 0 Å². The zero-order chi connectivity index (χ0) is 35.0. The summed E-state index contributed by atoms with van der Waals surface area (Å²) in [5.74, 6) is 0.961. The zero-order valence-electron chi connectivity index (χ0n) is 29.2. The summed E-state index contributed by atoms with van der Waals surface area (Å²) in [5, 5.41) is 0. The predicted molar refractivity (Wildman–Crippen MR) is 216 cm³/mol. The average molecular weight is 661 g/mol. The first-order valence-electron chi connectivity index (χ1n) is 17.4. The number of rotatable bonds is 9. The Balaban J connectivity index is 1.24. The van der Waals surface area contributed by atoms with Crippen molar-refractivity contribution in [2.75, 3.05) is 0 Å². The van der Waals surface area contributed by atoms with Gasteiger partial charge in [0, 0.05) is 34.5 Å². The first kappa shape index (κ1) is 33.2. The van der Waals surface area contributed by atoms with Gasteiger partial charge in [0.25, 0.3) is 0 Å². The molecule has 0 N–H and O–H groups in total. The Bertz CT molecular complexity index is 2140. The zero-order valence-corrected chi connectivity index (χ0v) is 29.2. The molecule has 0 saturated carbocycles. The molecule has 51 heavy (non-hydrogen) atoms. The highest BCUT2D eigenvalue weighted by molar-refractivity contribution is 6.01. The largest absolute Gasteiger partial charge is 0.266 e. The molecule has 248 valence electrons. The van der Waals surface area contributed by atoms with E-state index in [1.807, 2.05) is 38.3 Å². The van der Waals surface area contributed by atoms with Crippen LogP contribution in [0.25, 0.3) is 61.7 Å². The fourth-order valence-electron chi connectivity index (χ4n) is 6.24. The molecule has 4 nitrogen and oxygen atoms in total. The van der Waals surface area contributed by atoms with E-state index in [4.69, 9.17) is 15.0 Å². The van der Waals surface area contributed by atoms with E-state index in [1.165, 1.54) is 16.7 Å². The van der Waals surface area contributed by atoms with Gasteiger partial charge in [-0.3, -0.25) is 9.98 Å². The van der Waals surface area contributed by atoms with Crippen LogP contribution in [-0.2, 0) is 0 Å². The summed E-state index contributed by atoms with van der Waals surface area (Å²) < 4.78 is 0. The average Bonchev–Trinajstić information content (AvgIpc) is 3.19. The molecule has 0 amide bonds. The Labute approximate surface area is 301 Å². The SMILES string of the molecule is C\C=C/C(=C\C(C)=N\C1N=CC=CC1C)c1ccc(-c2cc(-c3ccc(-c4ccccc4)cc3)nc(-c3ccc(-c4ccccc4)cc3)n2)cc1. The lowest BCUT2D eigenvalue weighted by Gasteiger charge is -2.16. The Kier molecular flexibility index (Phi) is 10.1. The molecule has 2 unspecified atom stereocenters. The van der Waals surface area contributed by atoms with E-state index in [1.54, 1.807) is 0 Å². The number of hydrogen-bond acceptors (Lipinski definition) is 4. The summed E-state index contributed by atoms with van der Waals surface area (Å²) in [6, 6.07) is 48.7. The molecule has 1 aromatic heterocycles. The lowest BCUT2D eigenvalue weighted by atomic mass is 9.99. The molecule has 0 aliphatic carbocycles. The van der Waals surface area contributed by atoms with Gasteiger partial charge in [-0.25, -0.2) is 9.97 Å². The summed E-state index contributed by atoms with van der Waals surface area (Å²) in [5.41, 5.74) is 12.6. The van der Waals surface area contributed by atoms with Crippen LogP contribution in [0.2, 0.25) is 0 Å². The molecule has 1 aliphatic rings. The molecule has 0 radical (unpaired) electrons. The molecule has 2 heterocycles. The van der Waals surface area contributed by atoms with Crippen LogP contribution in [0.4, 0.5) is 0 Å². The predicted octanol–water partition coefficient (Wildman–Crippen LogP) is 11.8. The second kappa shape index (κ2) is 15.5. The van der Waals surface area contributed by atoms with Crippen LogP contribution in [0.15, 0.2) is 180 Å². The molecule has 4 heteroatoms. The fourth-order valence-corrected chi connectivity index (χ4v) is 6.24. The van der Waals surface area contributed by atoms with Gasteiger partial charge in [0.1, 0.15) is 6.17 Å². The van der Waals surface area contributed by atoms with Gasteiger partial charge < -0.3 is 0 Å². The molecular formula is C47H40N4. The summed E-state index contributed by atoms with van der Waals surface area (Å²) >= 11 is 0. The first-order chi connectivity index (χ1) is 25.0. The van der Waals surface area contributed by atoms with Gasteiger partial charge in [0.05, 0.1) is 11.4 Å². The number of aliphatic imine (C=N–C) groups is 2. The Morgan fingerprint density at radius 1 is 0.608 bits per heavy atom. The van der Waals surface area contributed by atoms with Crippen LogP contribution in [0, 0.1) is 5.92 Å². The van der Waals surface area contributed by atoms with E-state index in [0.29, 0.717) is 5.82 Å². The Morgan fingerprint density at radius 2 is 1.10 bits per heavy atom. The van der Waals surface area contributed by atoms with E-state index in [-0.39, 0.29) is 12.1 Å². The second-order valence-electron chi connectivity index (χ2n) is 12.8. The quantitative estimate of drug-likeness (QED) is 0.114. The normalized spacial score (nSPS) is 16.1. The molecule has 5 aromatic carbocycles. The van der Waals surface area contributed by atoms with E-state index < -0.39 is 0 Å². The summed E-state index contributed by atoms with van der Waals surface area (Å²) in [6.07, 6.45) is 12.2. The Morgan fingerprint density at radius 3 is 1.63 bits per heavy atom. The van der Waals surface area contributed by atoms with Crippen LogP contribution in [-0.4, -0.2) is 28.1 Å². The fraction of sp³-hybridized carbons (Fsp3) is 0.106. The van der Waals surface area contributed by atoms with E-state index in [0.717, 1.165) is 50.5 Å². The van der Waals surface area contributed by atoms with E-state index >= 15 is 0 Å². The molecule has 0 bridgehead atoms. The van der Waals surface area contributed by atoms with Crippen molar-refractivity contribution in [3.63, 3.8) is 0 Å². The van der Waals surface area contributed by atoms with Crippen molar-refractivity contribution in [1.29, 1.82) is 0 Å².